The van der Waals surface area contributed by atoms with Crippen LogP contribution in [0.5, 0.6) is 0 Å². The Hall–Kier alpha value is -1.66. The summed E-state index contributed by atoms with van der Waals surface area (Å²) in [6.07, 6.45) is 1.58. The first-order valence-electron chi connectivity index (χ1n) is 7.87. The maximum absolute atomic E-state index is 13.7. The summed E-state index contributed by atoms with van der Waals surface area (Å²) in [6.45, 7) is 5.82. The van der Waals surface area contributed by atoms with E-state index in [1.807, 2.05) is 20.8 Å². The summed E-state index contributed by atoms with van der Waals surface area (Å²) in [5.74, 6) is -12.1. The minimum Gasteiger partial charge on any atom is -0.458 e. The highest BCUT2D eigenvalue weighted by Crippen LogP contribution is 2.36. The quantitative estimate of drug-likeness (QED) is 0.332. The summed E-state index contributed by atoms with van der Waals surface area (Å²) in [6, 6.07) is 0. The predicted octanol–water partition coefficient (Wildman–Crippen LogP) is 5.00. The number of rotatable bonds is 3. The molecule has 24 heavy (non-hydrogen) atoms. The fourth-order valence-electron chi connectivity index (χ4n) is 3.23. The molecule has 0 bridgehead atoms. The van der Waals surface area contributed by atoms with Crippen molar-refractivity contribution in [2.75, 3.05) is 0 Å². The molecule has 0 unspecified atom stereocenters. The van der Waals surface area contributed by atoms with E-state index in [0.717, 1.165) is 12.8 Å². The molecule has 0 aliphatic heterocycles. The minimum absolute atomic E-state index is 0.0218. The van der Waals surface area contributed by atoms with Crippen LogP contribution in [-0.2, 0) is 4.74 Å². The van der Waals surface area contributed by atoms with Crippen molar-refractivity contribution in [1.82, 2.24) is 0 Å². The maximum Gasteiger partial charge on any atom is 0.344 e. The Bertz CT molecular complexity index is 615. The molecule has 0 amide bonds. The molecule has 1 aliphatic rings. The highest BCUT2D eigenvalue weighted by atomic mass is 19.2. The SMILES string of the molecule is CC(C)[C@H]1CC[C@H](C)C[C@@H]1OC(=O)c1c(F)c(F)c(F)c(F)c1F. The molecule has 1 aromatic rings. The minimum atomic E-state index is -2.30. The van der Waals surface area contributed by atoms with Crippen LogP contribution in [0.1, 0.15) is 50.4 Å². The zero-order valence-electron chi connectivity index (χ0n) is 13.6. The van der Waals surface area contributed by atoms with Crippen LogP contribution in [0.2, 0.25) is 0 Å². The number of hydrogen-bond donors (Lipinski definition) is 0. The summed E-state index contributed by atoms with van der Waals surface area (Å²) in [5, 5.41) is 0. The van der Waals surface area contributed by atoms with Gasteiger partial charge in [-0.15, -0.1) is 0 Å². The first kappa shape index (κ1) is 18.7. The summed E-state index contributed by atoms with van der Waals surface area (Å²) >= 11 is 0. The zero-order valence-corrected chi connectivity index (χ0v) is 13.6. The number of ether oxygens (including phenoxy) is 1. The number of benzene rings is 1. The van der Waals surface area contributed by atoms with E-state index in [9.17, 15) is 26.7 Å². The second kappa shape index (κ2) is 7.07. The standard InChI is InChI=1S/C17H19F5O2/c1-7(2)9-5-4-8(3)6-10(9)24-17(23)11-12(18)14(20)16(22)15(21)13(11)19/h7-10H,4-6H2,1-3H3/t8-,9+,10-/m0/s1. The van der Waals surface area contributed by atoms with Gasteiger partial charge in [-0.25, -0.2) is 26.7 Å². The smallest absolute Gasteiger partial charge is 0.344 e. The lowest BCUT2D eigenvalue weighted by Gasteiger charge is -2.36. The van der Waals surface area contributed by atoms with E-state index < -0.39 is 46.7 Å². The van der Waals surface area contributed by atoms with Crippen LogP contribution >= 0.6 is 0 Å². The topological polar surface area (TPSA) is 26.3 Å². The Balaban J connectivity index is 2.32. The van der Waals surface area contributed by atoms with E-state index >= 15 is 0 Å². The summed E-state index contributed by atoms with van der Waals surface area (Å²) in [4.78, 5) is 12.1. The van der Waals surface area contributed by atoms with Crippen LogP contribution in [0, 0.1) is 46.8 Å². The highest BCUT2D eigenvalue weighted by molar-refractivity contribution is 5.90. The fourth-order valence-corrected chi connectivity index (χ4v) is 3.23. The van der Waals surface area contributed by atoms with Crippen LogP contribution in [0.3, 0.4) is 0 Å². The normalized spacial score (nSPS) is 24.3. The van der Waals surface area contributed by atoms with E-state index in [0.29, 0.717) is 6.42 Å². The largest absolute Gasteiger partial charge is 0.458 e. The molecule has 1 fully saturated rings. The summed E-state index contributed by atoms with van der Waals surface area (Å²) in [5.41, 5.74) is -1.54. The molecule has 2 rings (SSSR count). The van der Waals surface area contributed by atoms with Crippen molar-refractivity contribution in [3.8, 4) is 0 Å². The van der Waals surface area contributed by atoms with Crippen molar-refractivity contribution in [3.05, 3.63) is 34.6 Å². The number of carbonyl (C=O) groups excluding carboxylic acids is 1. The van der Waals surface area contributed by atoms with Gasteiger partial charge in [-0.2, -0.15) is 0 Å². The third-order valence-electron chi connectivity index (χ3n) is 4.63. The number of halogens is 5. The van der Waals surface area contributed by atoms with Crippen molar-refractivity contribution in [2.24, 2.45) is 17.8 Å². The van der Waals surface area contributed by atoms with Gasteiger partial charge in [-0.1, -0.05) is 27.2 Å². The molecule has 7 heteroatoms. The van der Waals surface area contributed by atoms with Gasteiger partial charge in [0.25, 0.3) is 0 Å². The molecule has 1 aliphatic carbocycles. The number of carbonyl (C=O) groups is 1. The van der Waals surface area contributed by atoms with Gasteiger partial charge in [-0.3, -0.25) is 0 Å². The van der Waals surface area contributed by atoms with E-state index in [2.05, 4.69) is 0 Å². The second-order valence-corrected chi connectivity index (χ2v) is 6.71. The van der Waals surface area contributed by atoms with E-state index in [1.54, 1.807) is 0 Å². The average molecular weight is 350 g/mol. The van der Waals surface area contributed by atoms with Gasteiger partial charge < -0.3 is 4.74 Å². The molecule has 0 heterocycles. The van der Waals surface area contributed by atoms with Crippen molar-refractivity contribution in [1.29, 1.82) is 0 Å². The molecule has 0 aromatic heterocycles. The summed E-state index contributed by atoms with van der Waals surface area (Å²) < 4.78 is 72.1. The Kier molecular flexibility index (Phi) is 5.50. The van der Waals surface area contributed by atoms with Gasteiger partial charge in [0, 0.05) is 0 Å². The van der Waals surface area contributed by atoms with Crippen LogP contribution < -0.4 is 0 Å². The molecule has 2 nitrogen and oxygen atoms in total. The lowest BCUT2D eigenvalue weighted by atomic mass is 9.75. The van der Waals surface area contributed by atoms with Gasteiger partial charge in [0.05, 0.1) is 0 Å². The third kappa shape index (κ3) is 3.39. The maximum atomic E-state index is 13.7. The van der Waals surface area contributed by atoms with Crippen molar-refractivity contribution in [2.45, 2.75) is 46.1 Å². The van der Waals surface area contributed by atoms with Crippen LogP contribution in [0.4, 0.5) is 22.0 Å². The summed E-state index contributed by atoms with van der Waals surface area (Å²) in [7, 11) is 0. The van der Waals surface area contributed by atoms with E-state index in [-0.39, 0.29) is 17.8 Å². The molecule has 0 spiro atoms. The molecule has 134 valence electrons. The number of esters is 1. The molecule has 1 saturated carbocycles. The molecule has 0 radical (unpaired) electrons. The lowest BCUT2D eigenvalue weighted by molar-refractivity contribution is -0.0183. The zero-order chi connectivity index (χ0) is 18.2. The van der Waals surface area contributed by atoms with Gasteiger partial charge in [-0.05, 0) is 30.6 Å². The highest BCUT2D eigenvalue weighted by Gasteiger charge is 2.36. The first-order chi connectivity index (χ1) is 11.1. The van der Waals surface area contributed by atoms with Crippen molar-refractivity contribution >= 4 is 5.97 Å². The molecule has 0 N–H and O–H groups in total. The Morgan fingerprint density at radius 2 is 1.46 bits per heavy atom. The van der Waals surface area contributed by atoms with Gasteiger partial charge in [0.15, 0.2) is 23.3 Å². The molecule has 1 aromatic carbocycles. The van der Waals surface area contributed by atoms with Crippen molar-refractivity contribution < 1.29 is 31.5 Å². The van der Waals surface area contributed by atoms with Gasteiger partial charge >= 0.3 is 5.97 Å². The number of hydrogen-bond acceptors (Lipinski definition) is 2. The Labute approximate surface area is 137 Å². The molecule has 0 saturated heterocycles. The van der Waals surface area contributed by atoms with Gasteiger partial charge in [0.1, 0.15) is 11.7 Å². The van der Waals surface area contributed by atoms with Crippen molar-refractivity contribution in [3.63, 3.8) is 0 Å². The van der Waals surface area contributed by atoms with Crippen LogP contribution in [-0.4, -0.2) is 12.1 Å². The predicted molar refractivity (Wildman–Crippen MR) is 76.8 cm³/mol. The van der Waals surface area contributed by atoms with Crippen LogP contribution in [0.15, 0.2) is 0 Å². The van der Waals surface area contributed by atoms with E-state index in [4.69, 9.17) is 4.74 Å². The first-order valence-corrected chi connectivity index (χ1v) is 7.87. The lowest BCUT2D eigenvalue weighted by Crippen LogP contribution is -2.36. The van der Waals surface area contributed by atoms with E-state index in [1.165, 1.54) is 0 Å². The molecular weight excluding hydrogens is 331 g/mol. The average Bonchev–Trinajstić information content (AvgIpc) is 2.51. The van der Waals surface area contributed by atoms with Crippen LogP contribution in [0.25, 0.3) is 0 Å². The third-order valence-corrected chi connectivity index (χ3v) is 4.63. The second-order valence-electron chi connectivity index (χ2n) is 6.71. The monoisotopic (exact) mass is 350 g/mol. The molecule has 3 atom stereocenters. The Morgan fingerprint density at radius 1 is 0.958 bits per heavy atom. The fraction of sp³-hybridized carbons (Fsp3) is 0.588. The Morgan fingerprint density at radius 3 is 1.96 bits per heavy atom. The molecular formula is C17H19F5O2. The van der Waals surface area contributed by atoms with Gasteiger partial charge in [0.2, 0.25) is 5.82 Å².